The summed E-state index contributed by atoms with van der Waals surface area (Å²) in [5, 5.41) is 12.0. The molecule has 0 saturated carbocycles. The summed E-state index contributed by atoms with van der Waals surface area (Å²) < 4.78 is 20.4. The van der Waals surface area contributed by atoms with Crippen molar-refractivity contribution in [2.24, 2.45) is 0 Å². The number of benzene rings is 1. The first kappa shape index (κ1) is 18.6. The molecule has 152 valence electrons. The van der Waals surface area contributed by atoms with Crippen LogP contribution in [0.2, 0.25) is 0 Å². The van der Waals surface area contributed by atoms with Crippen LogP contribution < -0.4 is 15.0 Å². The van der Waals surface area contributed by atoms with Crippen LogP contribution in [0.3, 0.4) is 0 Å². The number of amides is 2. The van der Waals surface area contributed by atoms with Crippen LogP contribution in [0.25, 0.3) is 10.2 Å². The highest BCUT2D eigenvalue weighted by atomic mass is 32.1. The smallest absolute Gasteiger partial charge is 0.317 e. The molecule has 5 rings (SSSR count). The van der Waals surface area contributed by atoms with Crippen LogP contribution in [0.4, 0.5) is 15.0 Å². The van der Waals surface area contributed by atoms with Gasteiger partial charge in [-0.3, -0.25) is 0 Å². The average Bonchev–Trinajstić information content (AvgIpc) is 3.15. The van der Waals surface area contributed by atoms with E-state index >= 15 is 0 Å². The molecule has 3 aromatic rings. The Bertz CT molecular complexity index is 1150. The van der Waals surface area contributed by atoms with E-state index in [1.807, 2.05) is 4.90 Å². The van der Waals surface area contributed by atoms with Gasteiger partial charge in [0.05, 0.1) is 46.5 Å². The van der Waals surface area contributed by atoms with E-state index in [9.17, 15) is 9.18 Å². The summed E-state index contributed by atoms with van der Waals surface area (Å²) in [4.78, 5) is 24.5. The maximum atomic E-state index is 13.7. The Hall–Kier alpha value is -3.45. The highest BCUT2D eigenvalue weighted by Gasteiger charge is 2.36. The maximum Gasteiger partial charge on any atom is 0.317 e. The van der Waals surface area contributed by atoms with Crippen LogP contribution in [0.15, 0.2) is 36.0 Å². The first-order valence-electron chi connectivity index (χ1n) is 9.45. The van der Waals surface area contributed by atoms with Crippen LogP contribution in [0, 0.1) is 17.1 Å². The molecule has 30 heavy (non-hydrogen) atoms. The van der Waals surface area contributed by atoms with Gasteiger partial charge in [-0.25, -0.2) is 19.2 Å². The number of carbonyl (C=O) groups excluding carboxylic acids is 1. The van der Waals surface area contributed by atoms with Crippen molar-refractivity contribution in [1.82, 2.24) is 20.2 Å². The third-order valence-corrected chi connectivity index (χ3v) is 6.06. The molecule has 1 aromatic carbocycles. The number of pyridine rings is 1. The molecule has 0 bridgehead atoms. The van der Waals surface area contributed by atoms with Crippen molar-refractivity contribution in [2.75, 3.05) is 31.1 Å². The van der Waals surface area contributed by atoms with Gasteiger partial charge in [-0.1, -0.05) is 0 Å². The molecule has 2 amide bonds. The molecule has 4 heterocycles. The Morgan fingerprint density at radius 2 is 2.10 bits per heavy atom. The number of halogens is 1. The van der Waals surface area contributed by atoms with E-state index < -0.39 is 0 Å². The molecule has 1 N–H and O–H groups in total. The van der Waals surface area contributed by atoms with E-state index in [2.05, 4.69) is 21.4 Å². The number of fused-ring (bicyclic) bond motifs is 1. The van der Waals surface area contributed by atoms with E-state index in [1.54, 1.807) is 28.7 Å². The molecule has 2 aromatic heterocycles. The van der Waals surface area contributed by atoms with Gasteiger partial charge < -0.3 is 19.9 Å². The minimum Gasteiger partial charge on any atom is -0.485 e. The van der Waals surface area contributed by atoms with Crippen molar-refractivity contribution < 1.29 is 13.9 Å². The van der Waals surface area contributed by atoms with E-state index in [0.717, 1.165) is 10.5 Å². The molecular formula is C20H17FN6O2S. The monoisotopic (exact) mass is 424 g/mol. The Balaban J connectivity index is 1.10. The van der Waals surface area contributed by atoms with Crippen LogP contribution in [-0.2, 0) is 0 Å². The normalized spacial score (nSPS) is 16.7. The summed E-state index contributed by atoms with van der Waals surface area (Å²) in [6.45, 7) is 2.19. The van der Waals surface area contributed by atoms with Gasteiger partial charge >= 0.3 is 6.03 Å². The fourth-order valence-corrected chi connectivity index (χ4v) is 4.26. The van der Waals surface area contributed by atoms with Crippen molar-refractivity contribution in [1.29, 1.82) is 5.26 Å². The minimum atomic E-state index is -0.387. The summed E-state index contributed by atoms with van der Waals surface area (Å²) in [6.07, 6.45) is 1.44. The van der Waals surface area contributed by atoms with Gasteiger partial charge in [0.2, 0.25) is 0 Å². The van der Waals surface area contributed by atoms with Crippen LogP contribution >= 0.6 is 11.3 Å². The molecule has 0 spiro atoms. The largest absolute Gasteiger partial charge is 0.485 e. The second-order valence-corrected chi connectivity index (χ2v) is 8.17. The molecule has 2 aliphatic rings. The van der Waals surface area contributed by atoms with E-state index in [-0.39, 0.29) is 24.0 Å². The Morgan fingerprint density at radius 3 is 2.90 bits per heavy atom. The predicted octanol–water partition coefficient (Wildman–Crippen LogP) is 2.36. The van der Waals surface area contributed by atoms with Gasteiger partial charge in [0, 0.05) is 31.4 Å². The number of urea groups is 1. The predicted molar refractivity (Wildman–Crippen MR) is 109 cm³/mol. The Kier molecular flexibility index (Phi) is 4.59. The standard InChI is InChI=1S/C20H17FN6O2S/c21-13-4-16-19(30-11-24-16)17(5-13)29-15-9-27(10-15)20(28)25-14-7-26(8-14)18-3-12(6-22)1-2-23-18/h1-5,11,14-15H,7-10H2,(H,25,28). The number of nitriles is 1. The molecular weight excluding hydrogens is 407 g/mol. The maximum absolute atomic E-state index is 13.7. The zero-order valence-corrected chi connectivity index (χ0v) is 16.6. The quantitative estimate of drug-likeness (QED) is 0.691. The fraction of sp³-hybridized carbons (Fsp3) is 0.300. The lowest BCUT2D eigenvalue weighted by Crippen LogP contribution is -2.65. The van der Waals surface area contributed by atoms with Crippen LogP contribution in [0.5, 0.6) is 5.75 Å². The van der Waals surface area contributed by atoms with Crippen LogP contribution in [0.1, 0.15) is 5.56 Å². The number of nitrogens with zero attached hydrogens (tertiary/aromatic N) is 5. The molecule has 2 fully saturated rings. The summed E-state index contributed by atoms with van der Waals surface area (Å²) in [5.41, 5.74) is 2.80. The highest BCUT2D eigenvalue weighted by Crippen LogP contribution is 2.32. The fourth-order valence-electron chi connectivity index (χ4n) is 3.53. The van der Waals surface area contributed by atoms with Gasteiger partial charge in [-0.2, -0.15) is 5.26 Å². The molecule has 0 radical (unpaired) electrons. The lowest BCUT2D eigenvalue weighted by atomic mass is 10.1. The topological polar surface area (TPSA) is 94.4 Å². The number of aromatic nitrogens is 2. The second-order valence-electron chi connectivity index (χ2n) is 7.32. The number of thiazole rings is 1. The third-order valence-electron chi connectivity index (χ3n) is 5.20. The van der Waals surface area contributed by atoms with Gasteiger partial charge in [-0.15, -0.1) is 11.3 Å². The number of carbonyl (C=O) groups is 1. The minimum absolute atomic E-state index is 0.0325. The highest BCUT2D eigenvalue weighted by molar-refractivity contribution is 7.17. The molecule has 0 aliphatic carbocycles. The zero-order valence-electron chi connectivity index (χ0n) is 15.8. The molecule has 8 nitrogen and oxygen atoms in total. The summed E-state index contributed by atoms with van der Waals surface area (Å²) in [5.74, 6) is 0.822. The number of anilines is 1. The van der Waals surface area contributed by atoms with Crippen molar-refractivity contribution in [3.63, 3.8) is 0 Å². The number of rotatable bonds is 4. The van der Waals surface area contributed by atoms with Gasteiger partial charge in [0.15, 0.2) is 0 Å². The molecule has 2 saturated heterocycles. The van der Waals surface area contributed by atoms with Crippen molar-refractivity contribution >= 4 is 33.4 Å². The lowest BCUT2D eigenvalue weighted by molar-refractivity contribution is 0.0440. The molecule has 2 aliphatic heterocycles. The van der Waals surface area contributed by atoms with Crippen LogP contribution in [-0.4, -0.2) is 59.2 Å². The number of likely N-dealkylation sites (tertiary alicyclic amines) is 1. The van der Waals surface area contributed by atoms with E-state index in [1.165, 1.54) is 23.5 Å². The molecule has 10 heteroatoms. The number of hydrogen-bond acceptors (Lipinski definition) is 7. The van der Waals surface area contributed by atoms with Gasteiger partial charge in [0.25, 0.3) is 0 Å². The third kappa shape index (κ3) is 3.48. The van der Waals surface area contributed by atoms with Gasteiger partial charge in [-0.05, 0) is 12.1 Å². The first-order chi connectivity index (χ1) is 14.6. The van der Waals surface area contributed by atoms with Crippen molar-refractivity contribution in [3.05, 3.63) is 47.4 Å². The average molecular weight is 424 g/mol. The lowest BCUT2D eigenvalue weighted by Gasteiger charge is -2.44. The zero-order chi connectivity index (χ0) is 20.7. The first-order valence-corrected chi connectivity index (χ1v) is 10.3. The molecule has 0 atom stereocenters. The summed E-state index contributed by atoms with van der Waals surface area (Å²) in [6, 6.07) is 8.14. The van der Waals surface area contributed by atoms with E-state index in [4.69, 9.17) is 10.00 Å². The van der Waals surface area contributed by atoms with E-state index in [0.29, 0.717) is 43.0 Å². The Morgan fingerprint density at radius 1 is 1.27 bits per heavy atom. The summed E-state index contributed by atoms with van der Waals surface area (Å²) >= 11 is 1.40. The Labute approximate surface area is 175 Å². The van der Waals surface area contributed by atoms with Gasteiger partial charge in [0.1, 0.15) is 23.5 Å². The number of nitrogens with one attached hydrogen (secondary N) is 1. The molecule has 0 unspecified atom stereocenters. The van der Waals surface area contributed by atoms with Crippen molar-refractivity contribution in [2.45, 2.75) is 12.1 Å². The second kappa shape index (κ2) is 7.42. The SMILES string of the molecule is N#Cc1ccnc(N2CC(NC(=O)N3CC(Oc4cc(F)cc5ncsc45)C3)C2)c1. The summed E-state index contributed by atoms with van der Waals surface area (Å²) in [7, 11) is 0. The van der Waals surface area contributed by atoms with Crippen molar-refractivity contribution in [3.8, 4) is 11.8 Å². The number of ether oxygens (including phenoxy) is 1. The number of hydrogen-bond donors (Lipinski definition) is 1.